The van der Waals surface area contributed by atoms with Crippen molar-refractivity contribution in [1.29, 1.82) is 0 Å². The minimum Gasteiger partial charge on any atom is -0.467 e. The lowest BCUT2D eigenvalue weighted by molar-refractivity contribution is -0.146. The van der Waals surface area contributed by atoms with Gasteiger partial charge in [-0.25, -0.2) is 9.59 Å². The van der Waals surface area contributed by atoms with E-state index < -0.39 is 48.0 Å². The molecule has 5 atom stereocenters. The molecule has 0 saturated carbocycles. The topological polar surface area (TPSA) is 149 Å². The van der Waals surface area contributed by atoms with Gasteiger partial charge in [0.25, 0.3) is 0 Å². The van der Waals surface area contributed by atoms with Crippen molar-refractivity contribution in [1.82, 2.24) is 16.0 Å². The maximum absolute atomic E-state index is 13.3. The molecule has 0 aromatic heterocycles. The van der Waals surface area contributed by atoms with E-state index in [9.17, 15) is 19.2 Å². The van der Waals surface area contributed by atoms with Crippen molar-refractivity contribution in [3.05, 3.63) is 71.8 Å². The fourth-order valence-electron chi connectivity index (χ4n) is 4.26. The van der Waals surface area contributed by atoms with E-state index in [-0.39, 0.29) is 24.9 Å². The van der Waals surface area contributed by atoms with Crippen LogP contribution < -0.4 is 21.7 Å². The van der Waals surface area contributed by atoms with Crippen molar-refractivity contribution in [3.8, 4) is 0 Å². The number of hydrogen-bond acceptors (Lipinski definition) is 7. The second-order valence-corrected chi connectivity index (χ2v) is 10.6. The normalized spacial score (nSPS) is 14.6. The highest BCUT2D eigenvalue weighted by Gasteiger charge is 2.33. The van der Waals surface area contributed by atoms with Crippen molar-refractivity contribution < 1.29 is 28.7 Å². The average Bonchev–Trinajstić information content (AvgIpc) is 2.97. The molecule has 0 bridgehead atoms. The SMILES string of the molecule is CC[C@H](C)[C@H](NC(=O)C[C@H](NC(=O)OCc1ccccc1)[C@@H](N)Cc1ccccc1)C(=O)N[C@H](C(=O)OC)C(C)C. The lowest BCUT2D eigenvalue weighted by Crippen LogP contribution is -2.57. The number of alkyl carbamates (subject to hydrolysis) is 1. The Morgan fingerprint density at radius 3 is 1.95 bits per heavy atom. The number of ether oxygens (including phenoxy) is 2. The van der Waals surface area contributed by atoms with Crippen LogP contribution in [0.25, 0.3) is 0 Å². The Morgan fingerprint density at radius 1 is 0.829 bits per heavy atom. The molecule has 0 saturated heterocycles. The number of amides is 3. The maximum atomic E-state index is 13.3. The number of nitrogens with one attached hydrogen (secondary N) is 3. The lowest BCUT2D eigenvalue weighted by Gasteiger charge is -2.29. The average molecular weight is 569 g/mol. The molecular weight excluding hydrogens is 524 g/mol. The first-order valence-corrected chi connectivity index (χ1v) is 14.0. The molecule has 5 N–H and O–H groups in total. The van der Waals surface area contributed by atoms with E-state index in [4.69, 9.17) is 15.2 Å². The molecule has 2 aromatic rings. The quantitative estimate of drug-likeness (QED) is 0.241. The van der Waals surface area contributed by atoms with Gasteiger partial charge in [0.05, 0.1) is 13.2 Å². The van der Waals surface area contributed by atoms with Gasteiger partial charge in [0.2, 0.25) is 11.8 Å². The van der Waals surface area contributed by atoms with E-state index in [2.05, 4.69) is 16.0 Å². The number of nitrogens with two attached hydrogens (primary N) is 1. The number of rotatable bonds is 15. The second kappa shape index (κ2) is 17.0. The van der Waals surface area contributed by atoms with Gasteiger partial charge in [-0.1, -0.05) is 94.8 Å². The molecule has 2 aromatic carbocycles. The van der Waals surface area contributed by atoms with E-state index >= 15 is 0 Å². The molecule has 0 radical (unpaired) electrons. The van der Waals surface area contributed by atoms with Crippen molar-refractivity contribution in [2.45, 2.75) is 77.7 Å². The first-order chi connectivity index (χ1) is 19.5. The van der Waals surface area contributed by atoms with Crippen LogP contribution in [0.5, 0.6) is 0 Å². The van der Waals surface area contributed by atoms with E-state index in [1.54, 1.807) is 13.8 Å². The van der Waals surface area contributed by atoms with Crippen LogP contribution in [-0.4, -0.2) is 55.2 Å². The Bertz CT molecular complexity index is 1110. The largest absolute Gasteiger partial charge is 0.467 e. The third-order valence-corrected chi connectivity index (χ3v) is 6.98. The Hall–Kier alpha value is -3.92. The number of methoxy groups -OCH3 is 1. The van der Waals surface area contributed by atoms with E-state index in [0.717, 1.165) is 11.1 Å². The third-order valence-electron chi connectivity index (χ3n) is 6.98. The predicted octanol–water partition coefficient (Wildman–Crippen LogP) is 3.09. The van der Waals surface area contributed by atoms with Gasteiger partial charge in [-0.05, 0) is 29.4 Å². The van der Waals surface area contributed by atoms with Crippen LogP contribution in [0.3, 0.4) is 0 Å². The fraction of sp³-hybridized carbons (Fsp3) is 0.484. The Kier molecular flexibility index (Phi) is 13.8. The molecule has 0 heterocycles. The zero-order chi connectivity index (χ0) is 30.4. The minimum atomic E-state index is -0.908. The van der Waals surface area contributed by atoms with Crippen LogP contribution in [0, 0.1) is 11.8 Å². The molecule has 3 amide bonds. The number of hydrogen-bond donors (Lipinski definition) is 4. The highest BCUT2D eigenvalue weighted by Crippen LogP contribution is 2.13. The van der Waals surface area contributed by atoms with Gasteiger partial charge in [0.1, 0.15) is 18.7 Å². The summed E-state index contributed by atoms with van der Waals surface area (Å²) in [5, 5.41) is 8.26. The van der Waals surface area contributed by atoms with E-state index in [0.29, 0.717) is 12.8 Å². The monoisotopic (exact) mass is 568 g/mol. The Balaban J connectivity index is 2.15. The molecule has 41 heavy (non-hydrogen) atoms. The van der Waals surface area contributed by atoms with Gasteiger partial charge >= 0.3 is 12.1 Å². The summed E-state index contributed by atoms with van der Waals surface area (Å²) < 4.78 is 10.2. The maximum Gasteiger partial charge on any atom is 0.407 e. The molecule has 10 heteroatoms. The van der Waals surface area contributed by atoms with Crippen LogP contribution >= 0.6 is 0 Å². The van der Waals surface area contributed by atoms with Crippen molar-refractivity contribution in [3.63, 3.8) is 0 Å². The fourth-order valence-corrected chi connectivity index (χ4v) is 4.26. The summed E-state index contributed by atoms with van der Waals surface area (Å²) in [5.41, 5.74) is 8.26. The van der Waals surface area contributed by atoms with Gasteiger partial charge in [-0.15, -0.1) is 0 Å². The molecule has 2 rings (SSSR count). The highest BCUT2D eigenvalue weighted by molar-refractivity contribution is 5.91. The van der Waals surface area contributed by atoms with Crippen LogP contribution in [0.2, 0.25) is 0 Å². The smallest absolute Gasteiger partial charge is 0.407 e. The van der Waals surface area contributed by atoms with Crippen LogP contribution in [0.1, 0.15) is 51.7 Å². The van der Waals surface area contributed by atoms with E-state index in [1.165, 1.54) is 7.11 Å². The molecule has 10 nitrogen and oxygen atoms in total. The summed E-state index contributed by atoms with van der Waals surface area (Å²) in [7, 11) is 1.26. The molecule has 0 aliphatic rings. The van der Waals surface area contributed by atoms with E-state index in [1.807, 2.05) is 74.5 Å². The summed E-state index contributed by atoms with van der Waals surface area (Å²) in [6.07, 6.45) is 0.120. The summed E-state index contributed by atoms with van der Waals surface area (Å²) in [4.78, 5) is 51.4. The summed E-state index contributed by atoms with van der Waals surface area (Å²) in [6.45, 7) is 7.39. The summed E-state index contributed by atoms with van der Waals surface area (Å²) in [6, 6.07) is 15.6. The number of benzene rings is 2. The zero-order valence-corrected chi connectivity index (χ0v) is 24.6. The highest BCUT2D eigenvalue weighted by atomic mass is 16.5. The van der Waals surface area contributed by atoms with Gasteiger partial charge in [-0.3, -0.25) is 9.59 Å². The third kappa shape index (κ3) is 11.2. The lowest BCUT2D eigenvalue weighted by atomic mass is 9.95. The molecule has 224 valence electrons. The van der Waals surface area contributed by atoms with Crippen molar-refractivity contribution in [2.24, 2.45) is 17.6 Å². The van der Waals surface area contributed by atoms with Crippen LogP contribution in [0.4, 0.5) is 4.79 Å². The molecule has 0 aliphatic heterocycles. The van der Waals surface area contributed by atoms with Crippen molar-refractivity contribution >= 4 is 23.9 Å². The molecule has 0 spiro atoms. The zero-order valence-electron chi connectivity index (χ0n) is 24.6. The molecule has 0 fully saturated rings. The van der Waals surface area contributed by atoms with Crippen LogP contribution in [0.15, 0.2) is 60.7 Å². The standard InChI is InChI=1S/C31H44N4O6/c1-6-21(4)28(29(37)35-27(20(2)3)30(38)40-5)34-26(36)18-25(24(32)17-22-13-9-7-10-14-22)33-31(39)41-19-23-15-11-8-12-16-23/h7-16,20-21,24-25,27-28H,6,17-19,32H2,1-5H3,(H,33,39)(H,34,36)(H,35,37)/t21-,24-,25-,27-,28-/m0/s1. The van der Waals surface area contributed by atoms with Gasteiger partial charge < -0.3 is 31.2 Å². The number of carbonyl (C=O) groups excluding carboxylic acids is 4. The Labute approximate surface area is 242 Å². The summed E-state index contributed by atoms with van der Waals surface area (Å²) in [5.74, 6) is -1.97. The summed E-state index contributed by atoms with van der Waals surface area (Å²) >= 11 is 0. The van der Waals surface area contributed by atoms with Crippen LogP contribution in [-0.2, 0) is 36.9 Å². The first kappa shape index (κ1) is 33.3. The van der Waals surface area contributed by atoms with Gasteiger partial charge in [-0.2, -0.15) is 0 Å². The predicted molar refractivity (Wildman–Crippen MR) is 156 cm³/mol. The van der Waals surface area contributed by atoms with Crippen molar-refractivity contribution in [2.75, 3.05) is 7.11 Å². The number of esters is 1. The second-order valence-electron chi connectivity index (χ2n) is 10.6. The first-order valence-electron chi connectivity index (χ1n) is 14.0. The van der Waals surface area contributed by atoms with Gasteiger partial charge in [0.15, 0.2) is 0 Å². The van der Waals surface area contributed by atoms with Gasteiger partial charge in [0, 0.05) is 12.5 Å². The Morgan fingerprint density at radius 2 is 1.41 bits per heavy atom. The molecule has 0 unspecified atom stereocenters. The minimum absolute atomic E-state index is 0.0625. The number of carbonyl (C=O) groups is 4. The molecular formula is C31H44N4O6. The molecule has 0 aliphatic carbocycles.